The first-order valence-electron chi connectivity index (χ1n) is 5.60. The molecule has 0 aliphatic heterocycles. The fraction of sp³-hybridized carbons (Fsp3) is 0.462. The van der Waals surface area contributed by atoms with Crippen molar-refractivity contribution in [3.8, 4) is 0 Å². The molecule has 1 aromatic carbocycles. The van der Waals surface area contributed by atoms with Crippen molar-refractivity contribution < 1.29 is 9.90 Å². The molecule has 17 heavy (non-hydrogen) atoms. The Hall–Kier alpha value is -1.06. The Morgan fingerprint density at radius 1 is 1.41 bits per heavy atom. The number of aliphatic carboxylic acids is 1. The highest BCUT2D eigenvalue weighted by molar-refractivity contribution is 6.30. The second-order valence-corrected chi connectivity index (χ2v) is 5.15. The van der Waals surface area contributed by atoms with Crippen molar-refractivity contribution in [3.63, 3.8) is 0 Å². The number of hydrogen-bond donors (Lipinski definition) is 2. The van der Waals surface area contributed by atoms with Gasteiger partial charge in [-0.2, -0.15) is 0 Å². The summed E-state index contributed by atoms with van der Waals surface area (Å²) in [5.74, 6) is -0.499. The van der Waals surface area contributed by atoms with Gasteiger partial charge in [-0.15, -0.1) is 0 Å². The van der Waals surface area contributed by atoms with Gasteiger partial charge in [0.05, 0.1) is 0 Å². The zero-order valence-corrected chi connectivity index (χ0v) is 11.1. The average Bonchev–Trinajstić information content (AvgIpc) is 2.26. The predicted octanol–water partition coefficient (Wildman–Crippen LogP) is 2.89. The minimum Gasteiger partial charge on any atom is -0.480 e. The predicted molar refractivity (Wildman–Crippen MR) is 69.3 cm³/mol. The molecule has 94 valence electrons. The number of carboxylic acid groups (broad SMARTS) is 1. The van der Waals surface area contributed by atoms with Crippen LogP contribution in [0.25, 0.3) is 0 Å². The molecule has 0 spiro atoms. The number of benzene rings is 1. The summed E-state index contributed by atoms with van der Waals surface area (Å²) >= 11 is 5.80. The third-order valence-corrected chi connectivity index (χ3v) is 2.97. The SMILES string of the molecule is CC(C)CNC(C)(C(=O)O)c1ccc(Cl)cc1. The van der Waals surface area contributed by atoms with E-state index in [1.807, 2.05) is 13.8 Å². The standard InChI is InChI=1S/C13H18ClNO2/c1-9(2)8-15-13(3,12(16)17)10-4-6-11(14)7-5-10/h4-7,9,15H,8H2,1-3H3,(H,16,17). The zero-order chi connectivity index (χ0) is 13.1. The maximum absolute atomic E-state index is 11.4. The Bertz CT molecular complexity index is 389. The summed E-state index contributed by atoms with van der Waals surface area (Å²) < 4.78 is 0. The van der Waals surface area contributed by atoms with Gasteiger partial charge in [0.15, 0.2) is 0 Å². The molecule has 1 atom stereocenters. The molecule has 0 bridgehead atoms. The van der Waals surface area contributed by atoms with Crippen LogP contribution in [-0.2, 0) is 10.3 Å². The molecule has 0 saturated heterocycles. The van der Waals surface area contributed by atoms with E-state index in [-0.39, 0.29) is 0 Å². The van der Waals surface area contributed by atoms with Crippen molar-refractivity contribution in [1.82, 2.24) is 5.32 Å². The molecule has 0 aliphatic carbocycles. The van der Waals surface area contributed by atoms with Crippen molar-refractivity contribution in [1.29, 1.82) is 0 Å². The number of nitrogens with one attached hydrogen (secondary N) is 1. The van der Waals surface area contributed by atoms with Gasteiger partial charge >= 0.3 is 5.97 Å². The molecule has 0 aromatic heterocycles. The van der Waals surface area contributed by atoms with Crippen LogP contribution in [0.1, 0.15) is 26.3 Å². The summed E-state index contributed by atoms with van der Waals surface area (Å²) in [4.78, 5) is 11.4. The van der Waals surface area contributed by atoms with Crippen LogP contribution in [0, 0.1) is 5.92 Å². The maximum atomic E-state index is 11.4. The Balaban J connectivity index is 2.98. The molecule has 0 saturated carbocycles. The quantitative estimate of drug-likeness (QED) is 0.851. The molecular weight excluding hydrogens is 238 g/mol. The van der Waals surface area contributed by atoms with Gasteiger partial charge in [-0.25, -0.2) is 4.79 Å². The monoisotopic (exact) mass is 255 g/mol. The molecule has 0 heterocycles. The molecule has 4 heteroatoms. The van der Waals surface area contributed by atoms with Crippen LogP contribution in [0.15, 0.2) is 24.3 Å². The molecule has 2 N–H and O–H groups in total. The molecule has 1 unspecified atom stereocenters. The third kappa shape index (κ3) is 3.45. The summed E-state index contributed by atoms with van der Waals surface area (Å²) in [5.41, 5.74) is -0.371. The molecule has 0 aliphatic rings. The first kappa shape index (κ1) is 14.0. The number of rotatable bonds is 5. The molecule has 1 rings (SSSR count). The molecule has 0 amide bonds. The number of carbonyl (C=O) groups is 1. The van der Waals surface area contributed by atoms with Gasteiger partial charge in [0.1, 0.15) is 5.54 Å². The van der Waals surface area contributed by atoms with E-state index in [0.29, 0.717) is 23.0 Å². The van der Waals surface area contributed by atoms with Gasteiger partial charge in [-0.05, 0) is 37.1 Å². The number of hydrogen-bond acceptors (Lipinski definition) is 2. The second kappa shape index (κ2) is 5.52. The van der Waals surface area contributed by atoms with Crippen molar-refractivity contribution in [2.75, 3.05) is 6.54 Å². The fourth-order valence-corrected chi connectivity index (χ4v) is 1.62. The van der Waals surface area contributed by atoms with Crippen LogP contribution in [0.4, 0.5) is 0 Å². The average molecular weight is 256 g/mol. The van der Waals surface area contributed by atoms with Gasteiger partial charge in [0.2, 0.25) is 0 Å². The van der Waals surface area contributed by atoms with Crippen LogP contribution < -0.4 is 5.32 Å². The van der Waals surface area contributed by atoms with Crippen molar-refractivity contribution >= 4 is 17.6 Å². The van der Waals surface area contributed by atoms with Gasteiger partial charge in [-0.1, -0.05) is 37.6 Å². The highest BCUT2D eigenvalue weighted by Crippen LogP contribution is 2.23. The fourth-order valence-electron chi connectivity index (χ4n) is 1.49. The van der Waals surface area contributed by atoms with E-state index < -0.39 is 11.5 Å². The van der Waals surface area contributed by atoms with E-state index in [2.05, 4.69) is 5.32 Å². The number of carboxylic acids is 1. The summed E-state index contributed by atoms with van der Waals surface area (Å²) in [6, 6.07) is 6.89. The second-order valence-electron chi connectivity index (χ2n) is 4.71. The van der Waals surface area contributed by atoms with Crippen molar-refractivity contribution in [3.05, 3.63) is 34.9 Å². The topological polar surface area (TPSA) is 49.3 Å². The lowest BCUT2D eigenvalue weighted by atomic mass is 9.91. The summed E-state index contributed by atoms with van der Waals surface area (Å²) in [6.45, 7) is 6.39. The summed E-state index contributed by atoms with van der Waals surface area (Å²) in [6.07, 6.45) is 0. The Morgan fingerprint density at radius 2 is 1.94 bits per heavy atom. The minimum atomic E-state index is -1.07. The van der Waals surface area contributed by atoms with E-state index in [9.17, 15) is 9.90 Å². The molecule has 1 aromatic rings. The van der Waals surface area contributed by atoms with Crippen molar-refractivity contribution in [2.24, 2.45) is 5.92 Å². The van der Waals surface area contributed by atoms with E-state index in [1.165, 1.54) is 0 Å². The van der Waals surface area contributed by atoms with Crippen LogP contribution in [-0.4, -0.2) is 17.6 Å². The van der Waals surface area contributed by atoms with Crippen LogP contribution in [0.2, 0.25) is 5.02 Å². The highest BCUT2D eigenvalue weighted by atomic mass is 35.5. The molecular formula is C13H18ClNO2. The summed E-state index contributed by atoms with van der Waals surface area (Å²) in [5, 5.41) is 13.1. The van der Waals surface area contributed by atoms with E-state index in [4.69, 9.17) is 11.6 Å². The van der Waals surface area contributed by atoms with Gasteiger partial charge < -0.3 is 5.11 Å². The Morgan fingerprint density at radius 3 is 2.35 bits per heavy atom. The number of halogens is 1. The Kier molecular flexibility index (Phi) is 4.54. The molecule has 3 nitrogen and oxygen atoms in total. The molecule has 0 radical (unpaired) electrons. The van der Waals surface area contributed by atoms with Crippen LogP contribution in [0.5, 0.6) is 0 Å². The maximum Gasteiger partial charge on any atom is 0.328 e. The van der Waals surface area contributed by atoms with E-state index in [1.54, 1.807) is 31.2 Å². The first-order valence-corrected chi connectivity index (χ1v) is 5.98. The van der Waals surface area contributed by atoms with Gasteiger partial charge in [0, 0.05) is 5.02 Å². The van der Waals surface area contributed by atoms with E-state index in [0.717, 1.165) is 0 Å². The smallest absolute Gasteiger partial charge is 0.328 e. The minimum absolute atomic E-state index is 0.390. The first-order chi connectivity index (χ1) is 7.86. The van der Waals surface area contributed by atoms with Crippen molar-refractivity contribution in [2.45, 2.75) is 26.3 Å². The van der Waals surface area contributed by atoms with E-state index >= 15 is 0 Å². The third-order valence-electron chi connectivity index (χ3n) is 2.71. The van der Waals surface area contributed by atoms with Crippen LogP contribution in [0.3, 0.4) is 0 Å². The molecule has 0 fully saturated rings. The normalized spacial score (nSPS) is 14.6. The highest BCUT2D eigenvalue weighted by Gasteiger charge is 2.34. The lowest BCUT2D eigenvalue weighted by Crippen LogP contribution is -2.47. The zero-order valence-electron chi connectivity index (χ0n) is 10.3. The lowest BCUT2D eigenvalue weighted by molar-refractivity contribution is -0.144. The summed E-state index contributed by atoms with van der Waals surface area (Å²) in [7, 11) is 0. The Labute approximate surface area is 107 Å². The van der Waals surface area contributed by atoms with Gasteiger partial charge in [0.25, 0.3) is 0 Å². The lowest BCUT2D eigenvalue weighted by Gasteiger charge is -2.28. The van der Waals surface area contributed by atoms with Gasteiger partial charge in [-0.3, -0.25) is 5.32 Å². The van der Waals surface area contributed by atoms with Crippen LogP contribution >= 0.6 is 11.6 Å². The largest absolute Gasteiger partial charge is 0.480 e.